The summed E-state index contributed by atoms with van der Waals surface area (Å²) in [5.41, 5.74) is 2.36. The number of rotatable bonds is 5. The van der Waals surface area contributed by atoms with Crippen molar-refractivity contribution in [3.05, 3.63) is 52.5 Å². The fourth-order valence-electron chi connectivity index (χ4n) is 1.86. The van der Waals surface area contributed by atoms with Crippen LogP contribution < -0.4 is 4.74 Å². The van der Waals surface area contributed by atoms with Gasteiger partial charge in [-0.25, -0.2) is 4.79 Å². The zero-order chi connectivity index (χ0) is 15.2. The second-order valence-electron chi connectivity index (χ2n) is 4.27. The highest BCUT2D eigenvalue weighted by atomic mass is 79.9. The Bertz CT molecular complexity index is 640. The van der Waals surface area contributed by atoms with Crippen molar-refractivity contribution < 1.29 is 19.0 Å². The van der Waals surface area contributed by atoms with Crippen LogP contribution in [0.1, 0.15) is 10.4 Å². The highest BCUT2D eigenvalue weighted by Gasteiger charge is 2.09. The first-order valence-corrected chi connectivity index (χ1v) is 7.05. The van der Waals surface area contributed by atoms with Gasteiger partial charge in [0.15, 0.2) is 6.79 Å². The first-order valence-electron chi connectivity index (χ1n) is 6.25. The molecule has 2 aromatic rings. The fourth-order valence-corrected chi connectivity index (χ4v) is 2.22. The molecular weight excluding hydrogens is 336 g/mol. The van der Waals surface area contributed by atoms with Gasteiger partial charge in [0.25, 0.3) is 0 Å². The fraction of sp³-hybridized carbons (Fsp3) is 0.188. The van der Waals surface area contributed by atoms with Crippen LogP contribution in [0.15, 0.2) is 46.9 Å². The molecule has 0 aromatic heterocycles. The smallest absolute Gasteiger partial charge is 0.337 e. The van der Waals surface area contributed by atoms with E-state index in [1.165, 1.54) is 7.11 Å². The maximum absolute atomic E-state index is 11.6. The molecule has 0 fully saturated rings. The van der Waals surface area contributed by atoms with E-state index >= 15 is 0 Å². The molecule has 0 N–H and O–H groups in total. The van der Waals surface area contributed by atoms with E-state index in [0.717, 1.165) is 15.6 Å². The third kappa shape index (κ3) is 3.83. The molecule has 110 valence electrons. The van der Waals surface area contributed by atoms with E-state index in [1.807, 2.05) is 30.3 Å². The Morgan fingerprint density at radius 1 is 1.10 bits per heavy atom. The molecule has 0 atom stereocenters. The summed E-state index contributed by atoms with van der Waals surface area (Å²) in [6.07, 6.45) is 0. The molecule has 0 saturated heterocycles. The van der Waals surface area contributed by atoms with Crippen LogP contribution in [0.25, 0.3) is 11.1 Å². The molecule has 2 aromatic carbocycles. The molecule has 0 heterocycles. The van der Waals surface area contributed by atoms with Crippen LogP contribution in [-0.2, 0) is 9.47 Å². The Labute approximate surface area is 131 Å². The lowest BCUT2D eigenvalue weighted by atomic mass is 10.0. The van der Waals surface area contributed by atoms with Gasteiger partial charge < -0.3 is 14.2 Å². The van der Waals surface area contributed by atoms with Gasteiger partial charge in [0.1, 0.15) is 5.75 Å². The number of ether oxygens (including phenoxy) is 3. The van der Waals surface area contributed by atoms with Crippen LogP contribution in [0.2, 0.25) is 0 Å². The Morgan fingerprint density at radius 3 is 2.57 bits per heavy atom. The molecule has 0 aliphatic heterocycles. The van der Waals surface area contributed by atoms with E-state index in [1.54, 1.807) is 19.2 Å². The Morgan fingerprint density at radius 2 is 1.86 bits per heavy atom. The maximum Gasteiger partial charge on any atom is 0.337 e. The number of hydrogen-bond donors (Lipinski definition) is 0. The molecule has 0 aliphatic rings. The van der Waals surface area contributed by atoms with Crippen molar-refractivity contribution in [1.29, 1.82) is 0 Å². The number of hydrogen-bond acceptors (Lipinski definition) is 4. The monoisotopic (exact) mass is 350 g/mol. The van der Waals surface area contributed by atoms with Gasteiger partial charge in [0, 0.05) is 7.11 Å². The summed E-state index contributed by atoms with van der Waals surface area (Å²) in [6.45, 7) is 0.171. The normalized spacial score (nSPS) is 10.2. The van der Waals surface area contributed by atoms with E-state index in [0.29, 0.717) is 11.3 Å². The quantitative estimate of drug-likeness (QED) is 0.606. The number of carbonyl (C=O) groups is 1. The predicted octanol–water partition coefficient (Wildman–Crippen LogP) is 3.89. The van der Waals surface area contributed by atoms with Crippen molar-refractivity contribution >= 4 is 21.9 Å². The van der Waals surface area contributed by atoms with Gasteiger partial charge >= 0.3 is 5.97 Å². The molecule has 0 saturated carbocycles. The topological polar surface area (TPSA) is 44.8 Å². The Kier molecular flexibility index (Phi) is 5.36. The van der Waals surface area contributed by atoms with Gasteiger partial charge in [-0.3, -0.25) is 0 Å². The third-order valence-electron chi connectivity index (χ3n) is 2.88. The Hall–Kier alpha value is -1.85. The zero-order valence-corrected chi connectivity index (χ0v) is 13.3. The lowest BCUT2D eigenvalue weighted by Crippen LogP contribution is -2.01. The standard InChI is InChI=1S/C16H15BrO4/c1-19-10-21-15-9-12(6-7-14(15)17)11-4-3-5-13(8-11)16(18)20-2/h3-9H,10H2,1-2H3. The molecule has 0 amide bonds. The lowest BCUT2D eigenvalue weighted by Gasteiger charge is -2.10. The minimum absolute atomic E-state index is 0.171. The first kappa shape index (κ1) is 15.5. The van der Waals surface area contributed by atoms with Crippen molar-refractivity contribution in [3.63, 3.8) is 0 Å². The third-order valence-corrected chi connectivity index (χ3v) is 3.54. The van der Waals surface area contributed by atoms with Crippen LogP contribution in [0, 0.1) is 0 Å². The molecule has 0 unspecified atom stereocenters. The molecule has 4 nitrogen and oxygen atoms in total. The lowest BCUT2D eigenvalue weighted by molar-refractivity contribution is 0.0506. The van der Waals surface area contributed by atoms with Gasteiger partial charge in [-0.15, -0.1) is 0 Å². The number of esters is 1. The van der Waals surface area contributed by atoms with Crippen LogP contribution in [0.4, 0.5) is 0 Å². The highest BCUT2D eigenvalue weighted by molar-refractivity contribution is 9.10. The average molecular weight is 351 g/mol. The van der Waals surface area contributed by atoms with Crippen molar-refractivity contribution in [3.8, 4) is 16.9 Å². The van der Waals surface area contributed by atoms with E-state index in [9.17, 15) is 4.79 Å². The molecule has 0 bridgehead atoms. The second-order valence-corrected chi connectivity index (χ2v) is 5.12. The van der Waals surface area contributed by atoms with Crippen molar-refractivity contribution in [1.82, 2.24) is 0 Å². The summed E-state index contributed by atoms with van der Waals surface area (Å²) < 4.78 is 16.0. The van der Waals surface area contributed by atoms with E-state index < -0.39 is 0 Å². The van der Waals surface area contributed by atoms with Gasteiger partial charge in [-0.2, -0.15) is 0 Å². The number of carbonyl (C=O) groups excluding carboxylic acids is 1. The van der Waals surface area contributed by atoms with Gasteiger partial charge in [0.05, 0.1) is 17.1 Å². The van der Waals surface area contributed by atoms with Crippen LogP contribution in [0.3, 0.4) is 0 Å². The molecule has 5 heteroatoms. The molecule has 0 radical (unpaired) electrons. The second kappa shape index (κ2) is 7.24. The maximum atomic E-state index is 11.6. The van der Waals surface area contributed by atoms with Gasteiger partial charge in [-0.05, 0) is 51.3 Å². The molecule has 0 aliphatic carbocycles. The molecule has 21 heavy (non-hydrogen) atoms. The van der Waals surface area contributed by atoms with Crippen LogP contribution in [-0.4, -0.2) is 27.0 Å². The van der Waals surface area contributed by atoms with E-state index in [2.05, 4.69) is 15.9 Å². The molecule has 0 spiro atoms. The van der Waals surface area contributed by atoms with E-state index in [4.69, 9.17) is 14.2 Å². The first-order chi connectivity index (χ1) is 10.2. The summed E-state index contributed by atoms with van der Waals surface area (Å²) in [7, 11) is 2.93. The zero-order valence-electron chi connectivity index (χ0n) is 11.8. The van der Waals surface area contributed by atoms with E-state index in [-0.39, 0.29) is 12.8 Å². The summed E-state index contributed by atoms with van der Waals surface area (Å²) in [4.78, 5) is 11.6. The van der Waals surface area contributed by atoms with Crippen molar-refractivity contribution in [2.24, 2.45) is 0 Å². The minimum atomic E-state index is -0.357. The summed E-state index contributed by atoms with van der Waals surface area (Å²) in [5.74, 6) is 0.322. The summed E-state index contributed by atoms with van der Waals surface area (Å²) >= 11 is 3.43. The minimum Gasteiger partial charge on any atom is -0.466 e. The largest absolute Gasteiger partial charge is 0.466 e. The average Bonchev–Trinajstić information content (AvgIpc) is 2.53. The van der Waals surface area contributed by atoms with Crippen molar-refractivity contribution in [2.45, 2.75) is 0 Å². The molecule has 2 rings (SSSR count). The predicted molar refractivity (Wildman–Crippen MR) is 83.4 cm³/mol. The SMILES string of the molecule is COCOc1cc(-c2cccc(C(=O)OC)c2)ccc1Br. The number of methoxy groups -OCH3 is 2. The van der Waals surface area contributed by atoms with Crippen molar-refractivity contribution in [2.75, 3.05) is 21.0 Å². The van der Waals surface area contributed by atoms with Gasteiger partial charge in [0.2, 0.25) is 0 Å². The van der Waals surface area contributed by atoms with Crippen LogP contribution >= 0.6 is 15.9 Å². The van der Waals surface area contributed by atoms with Gasteiger partial charge in [-0.1, -0.05) is 18.2 Å². The summed E-state index contributed by atoms with van der Waals surface area (Å²) in [5, 5.41) is 0. The number of halogens is 1. The van der Waals surface area contributed by atoms with Crippen LogP contribution in [0.5, 0.6) is 5.75 Å². The highest BCUT2D eigenvalue weighted by Crippen LogP contribution is 2.31. The molecular formula is C16H15BrO4. The Balaban J connectivity index is 2.35. The summed E-state index contributed by atoms with van der Waals surface area (Å²) in [6, 6.07) is 13.0. The number of benzene rings is 2.